The number of nitrogens with one attached hydrogen (secondary N) is 1. The van der Waals surface area contributed by atoms with Crippen LogP contribution in [0.15, 0.2) is 6.33 Å². The normalized spacial score (nSPS) is 18.3. The molecule has 1 aromatic rings. The Morgan fingerprint density at radius 2 is 2.47 bits per heavy atom. The molecule has 0 amide bonds. The highest BCUT2D eigenvalue weighted by Gasteiger charge is 2.24. The molecule has 8 heteroatoms. The number of hydrogen-bond acceptors (Lipinski definition) is 7. The van der Waals surface area contributed by atoms with Gasteiger partial charge < -0.3 is 14.8 Å². The highest BCUT2D eigenvalue weighted by Crippen LogP contribution is 2.30. The van der Waals surface area contributed by atoms with Gasteiger partial charge in [0.25, 0.3) is 5.88 Å². The summed E-state index contributed by atoms with van der Waals surface area (Å²) in [5, 5.41) is 14.0. The summed E-state index contributed by atoms with van der Waals surface area (Å²) in [6.07, 6.45) is 3.17. The fourth-order valence-electron chi connectivity index (χ4n) is 2.01. The van der Waals surface area contributed by atoms with Crippen LogP contribution in [-0.2, 0) is 4.74 Å². The van der Waals surface area contributed by atoms with Crippen LogP contribution in [0.4, 0.5) is 11.5 Å². The van der Waals surface area contributed by atoms with Crippen LogP contribution in [0, 0.1) is 16.0 Å². The summed E-state index contributed by atoms with van der Waals surface area (Å²) >= 11 is 0. The molecule has 0 spiro atoms. The molecule has 0 aromatic carbocycles. The van der Waals surface area contributed by atoms with Crippen LogP contribution in [0.2, 0.25) is 0 Å². The summed E-state index contributed by atoms with van der Waals surface area (Å²) in [6, 6.07) is 0. The molecule has 1 aromatic heterocycles. The summed E-state index contributed by atoms with van der Waals surface area (Å²) in [4.78, 5) is 18.1. The van der Waals surface area contributed by atoms with Crippen LogP contribution in [0.5, 0.6) is 5.88 Å². The van der Waals surface area contributed by atoms with Crippen molar-refractivity contribution >= 4 is 11.5 Å². The molecule has 1 aliphatic heterocycles. The number of ether oxygens (including phenoxy) is 2. The van der Waals surface area contributed by atoms with E-state index < -0.39 is 4.92 Å². The topological polar surface area (TPSA) is 99.4 Å². The highest BCUT2D eigenvalue weighted by molar-refractivity contribution is 5.60. The Labute approximate surface area is 110 Å². The molecule has 0 radical (unpaired) electrons. The third-order valence-electron chi connectivity index (χ3n) is 3.03. The first kappa shape index (κ1) is 13.5. The lowest BCUT2D eigenvalue weighted by molar-refractivity contribution is -0.385. The van der Waals surface area contributed by atoms with Crippen molar-refractivity contribution in [3.05, 3.63) is 16.4 Å². The summed E-state index contributed by atoms with van der Waals surface area (Å²) in [7, 11) is 1.34. The van der Waals surface area contributed by atoms with Gasteiger partial charge in [0.05, 0.1) is 12.0 Å². The zero-order valence-corrected chi connectivity index (χ0v) is 10.7. The molecule has 104 valence electrons. The van der Waals surface area contributed by atoms with Gasteiger partial charge in [0.1, 0.15) is 6.33 Å². The quantitative estimate of drug-likeness (QED) is 0.611. The lowest BCUT2D eigenvalue weighted by Crippen LogP contribution is -2.12. The molecular formula is C11H16N4O4. The first-order valence-corrected chi connectivity index (χ1v) is 6.07. The molecule has 2 heterocycles. The predicted octanol–water partition coefficient (Wildman–Crippen LogP) is 1.23. The average Bonchev–Trinajstić information content (AvgIpc) is 2.91. The van der Waals surface area contributed by atoms with Crippen LogP contribution in [-0.4, -0.2) is 41.8 Å². The maximum Gasteiger partial charge on any atom is 0.372 e. The lowest BCUT2D eigenvalue weighted by atomic mass is 10.1. The molecule has 0 saturated carbocycles. The molecule has 19 heavy (non-hydrogen) atoms. The van der Waals surface area contributed by atoms with Gasteiger partial charge in [0.15, 0.2) is 0 Å². The van der Waals surface area contributed by atoms with Crippen LogP contribution in [0.3, 0.4) is 0 Å². The van der Waals surface area contributed by atoms with Gasteiger partial charge in [-0.25, -0.2) is 4.98 Å². The van der Waals surface area contributed by atoms with E-state index in [1.807, 2.05) is 0 Å². The molecular weight excluding hydrogens is 252 g/mol. The molecule has 1 saturated heterocycles. The average molecular weight is 268 g/mol. The van der Waals surface area contributed by atoms with Crippen molar-refractivity contribution in [3.8, 4) is 5.88 Å². The van der Waals surface area contributed by atoms with Crippen LogP contribution >= 0.6 is 0 Å². The van der Waals surface area contributed by atoms with Crippen molar-refractivity contribution < 1.29 is 14.4 Å². The standard InChI is InChI=1S/C11H16N4O4/c1-18-11-9(15(16)17)10(13-7-14-11)12-4-2-8-3-5-19-6-8/h7-8H,2-6H2,1H3,(H,12,13,14). The summed E-state index contributed by atoms with van der Waals surface area (Å²) in [5.74, 6) is 0.665. The third kappa shape index (κ3) is 3.28. The highest BCUT2D eigenvalue weighted by atomic mass is 16.6. The predicted molar refractivity (Wildman–Crippen MR) is 67.3 cm³/mol. The SMILES string of the molecule is COc1ncnc(NCCC2CCOC2)c1[N+](=O)[O-]. The number of methoxy groups -OCH3 is 1. The van der Waals surface area contributed by atoms with E-state index in [1.54, 1.807) is 0 Å². The minimum absolute atomic E-state index is 0.0355. The van der Waals surface area contributed by atoms with Crippen molar-refractivity contribution in [2.45, 2.75) is 12.8 Å². The number of nitrogens with zero attached hydrogens (tertiary/aromatic N) is 3. The van der Waals surface area contributed by atoms with Crippen molar-refractivity contribution in [2.24, 2.45) is 5.92 Å². The molecule has 1 unspecified atom stereocenters. The molecule has 1 N–H and O–H groups in total. The number of rotatable bonds is 6. The zero-order valence-electron chi connectivity index (χ0n) is 10.7. The van der Waals surface area contributed by atoms with Crippen LogP contribution in [0.25, 0.3) is 0 Å². The number of anilines is 1. The van der Waals surface area contributed by atoms with Crippen molar-refractivity contribution in [2.75, 3.05) is 32.2 Å². The van der Waals surface area contributed by atoms with Gasteiger partial charge in [-0.15, -0.1) is 0 Å². The van der Waals surface area contributed by atoms with Gasteiger partial charge in [-0.1, -0.05) is 0 Å². The maximum atomic E-state index is 11.0. The van der Waals surface area contributed by atoms with Gasteiger partial charge in [-0.2, -0.15) is 4.98 Å². The fourth-order valence-corrected chi connectivity index (χ4v) is 2.01. The minimum Gasteiger partial charge on any atom is -0.476 e. The molecule has 1 fully saturated rings. The Morgan fingerprint density at radius 3 is 3.11 bits per heavy atom. The molecule has 0 aliphatic carbocycles. The first-order chi connectivity index (χ1) is 9.22. The van der Waals surface area contributed by atoms with E-state index in [0.29, 0.717) is 12.5 Å². The van der Waals surface area contributed by atoms with E-state index >= 15 is 0 Å². The van der Waals surface area contributed by atoms with E-state index in [9.17, 15) is 10.1 Å². The molecule has 1 aliphatic rings. The van der Waals surface area contributed by atoms with E-state index in [4.69, 9.17) is 9.47 Å². The van der Waals surface area contributed by atoms with E-state index in [-0.39, 0.29) is 17.4 Å². The Balaban J connectivity index is 2.00. The van der Waals surface area contributed by atoms with E-state index in [2.05, 4.69) is 15.3 Å². The van der Waals surface area contributed by atoms with Gasteiger partial charge in [0, 0.05) is 19.8 Å². The first-order valence-electron chi connectivity index (χ1n) is 6.07. The van der Waals surface area contributed by atoms with Crippen molar-refractivity contribution in [1.82, 2.24) is 9.97 Å². The van der Waals surface area contributed by atoms with Crippen LogP contribution in [0.1, 0.15) is 12.8 Å². The van der Waals surface area contributed by atoms with Crippen LogP contribution < -0.4 is 10.1 Å². The second kappa shape index (κ2) is 6.28. The number of nitro groups is 1. The summed E-state index contributed by atoms with van der Waals surface area (Å²) < 4.78 is 10.2. The van der Waals surface area contributed by atoms with E-state index in [0.717, 1.165) is 26.1 Å². The lowest BCUT2D eigenvalue weighted by Gasteiger charge is -2.10. The van der Waals surface area contributed by atoms with Crippen molar-refractivity contribution in [3.63, 3.8) is 0 Å². The number of aromatic nitrogens is 2. The molecule has 0 bridgehead atoms. The second-order valence-corrected chi connectivity index (χ2v) is 4.28. The Bertz CT molecular complexity index is 448. The number of hydrogen-bond donors (Lipinski definition) is 1. The maximum absolute atomic E-state index is 11.0. The Kier molecular flexibility index (Phi) is 4.45. The molecule has 2 rings (SSSR count). The second-order valence-electron chi connectivity index (χ2n) is 4.28. The third-order valence-corrected chi connectivity index (χ3v) is 3.03. The minimum atomic E-state index is -0.542. The van der Waals surface area contributed by atoms with Gasteiger partial charge >= 0.3 is 5.69 Å². The van der Waals surface area contributed by atoms with Gasteiger partial charge in [-0.3, -0.25) is 10.1 Å². The summed E-state index contributed by atoms with van der Waals surface area (Å²) in [5.41, 5.74) is -0.229. The monoisotopic (exact) mass is 268 g/mol. The summed E-state index contributed by atoms with van der Waals surface area (Å²) in [6.45, 7) is 2.16. The smallest absolute Gasteiger partial charge is 0.372 e. The van der Waals surface area contributed by atoms with E-state index in [1.165, 1.54) is 13.4 Å². The Morgan fingerprint density at radius 1 is 1.63 bits per heavy atom. The van der Waals surface area contributed by atoms with Crippen molar-refractivity contribution in [1.29, 1.82) is 0 Å². The largest absolute Gasteiger partial charge is 0.476 e. The Hall–Kier alpha value is -1.96. The van der Waals surface area contributed by atoms with Gasteiger partial charge in [0.2, 0.25) is 5.82 Å². The molecule has 1 atom stereocenters. The zero-order chi connectivity index (χ0) is 13.7. The van der Waals surface area contributed by atoms with Gasteiger partial charge in [-0.05, 0) is 18.8 Å². The fraction of sp³-hybridized carbons (Fsp3) is 0.636. The molecule has 8 nitrogen and oxygen atoms in total.